The summed E-state index contributed by atoms with van der Waals surface area (Å²) in [6, 6.07) is 13.1. The lowest BCUT2D eigenvalue weighted by Crippen LogP contribution is -2.21. The molecule has 0 atom stereocenters. The number of carbonyl (C=O) groups is 1. The van der Waals surface area contributed by atoms with Gasteiger partial charge >= 0.3 is 0 Å². The van der Waals surface area contributed by atoms with Gasteiger partial charge in [0.25, 0.3) is 5.91 Å². The van der Waals surface area contributed by atoms with Gasteiger partial charge in [0.1, 0.15) is 13.2 Å². The van der Waals surface area contributed by atoms with Crippen LogP contribution in [0.4, 0.5) is 5.69 Å². The van der Waals surface area contributed by atoms with E-state index in [0.29, 0.717) is 36.8 Å². The Kier molecular flexibility index (Phi) is 6.46. The van der Waals surface area contributed by atoms with E-state index in [9.17, 15) is 4.79 Å². The SMILES string of the molecule is CCNCc1ccccc1NC(=O)c1cccc2c1OCCO2.Cl. The Bertz CT molecular complexity index is 706. The molecule has 0 spiro atoms. The molecule has 24 heavy (non-hydrogen) atoms. The first-order chi connectivity index (χ1) is 11.3. The summed E-state index contributed by atoms with van der Waals surface area (Å²) >= 11 is 0. The number of anilines is 1. The Hall–Kier alpha value is -2.24. The quantitative estimate of drug-likeness (QED) is 0.870. The minimum absolute atomic E-state index is 0. The molecular weight excluding hydrogens is 328 g/mol. The molecule has 1 heterocycles. The third kappa shape index (κ3) is 3.99. The summed E-state index contributed by atoms with van der Waals surface area (Å²) in [5, 5.41) is 6.24. The van der Waals surface area contributed by atoms with Crippen molar-refractivity contribution in [2.24, 2.45) is 0 Å². The van der Waals surface area contributed by atoms with E-state index >= 15 is 0 Å². The Balaban J connectivity index is 0.00000208. The molecule has 5 nitrogen and oxygen atoms in total. The molecule has 2 aromatic carbocycles. The largest absolute Gasteiger partial charge is 0.486 e. The van der Waals surface area contributed by atoms with E-state index in [0.717, 1.165) is 17.8 Å². The summed E-state index contributed by atoms with van der Waals surface area (Å²) in [6.45, 7) is 4.59. The highest BCUT2D eigenvalue weighted by Gasteiger charge is 2.20. The number of rotatable bonds is 5. The maximum absolute atomic E-state index is 12.6. The number of hydrogen-bond donors (Lipinski definition) is 2. The van der Waals surface area contributed by atoms with E-state index in [-0.39, 0.29) is 18.3 Å². The lowest BCUT2D eigenvalue weighted by molar-refractivity contribution is 0.101. The average Bonchev–Trinajstić information content (AvgIpc) is 2.60. The standard InChI is InChI=1S/C18H20N2O3.ClH/c1-2-19-12-13-6-3-4-8-15(13)20-18(21)14-7-5-9-16-17(14)23-11-10-22-16;/h3-9,19H,2,10-12H2,1H3,(H,20,21);1H. The van der Waals surface area contributed by atoms with Crippen LogP contribution in [0.25, 0.3) is 0 Å². The number of hydrogen-bond acceptors (Lipinski definition) is 4. The van der Waals surface area contributed by atoms with Crippen LogP contribution >= 0.6 is 12.4 Å². The fraction of sp³-hybridized carbons (Fsp3) is 0.278. The van der Waals surface area contributed by atoms with E-state index in [2.05, 4.69) is 17.6 Å². The fourth-order valence-electron chi connectivity index (χ4n) is 2.50. The molecule has 2 N–H and O–H groups in total. The zero-order valence-electron chi connectivity index (χ0n) is 13.5. The van der Waals surface area contributed by atoms with E-state index < -0.39 is 0 Å². The highest BCUT2D eigenvalue weighted by atomic mass is 35.5. The topological polar surface area (TPSA) is 59.6 Å². The first-order valence-electron chi connectivity index (χ1n) is 7.78. The molecule has 1 aliphatic rings. The zero-order valence-corrected chi connectivity index (χ0v) is 14.3. The third-order valence-electron chi connectivity index (χ3n) is 3.64. The Morgan fingerprint density at radius 1 is 1.08 bits per heavy atom. The summed E-state index contributed by atoms with van der Waals surface area (Å²) in [4.78, 5) is 12.6. The Labute approximate surface area is 147 Å². The molecule has 0 radical (unpaired) electrons. The van der Waals surface area contributed by atoms with Gasteiger partial charge in [-0.25, -0.2) is 0 Å². The van der Waals surface area contributed by atoms with Gasteiger partial charge in [-0.3, -0.25) is 4.79 Å². The highest BCUT2D eigenvalue weighted by molar-refractivity contribution is 6.07. The van der Waals surface area contributed by atoms with Gasteiger partial charge in [0.05, 0.1) is 5.56 Å². The highest BCUT2D eigenvalue weighted by Crippen LogP contribution is 2.34. The number of carbonyl (C=O) groups excluding carboxylic acids is 1. The van der Waals surface area contributed by atoms with Crippen LogP contribution in [0.3, 0.4) is 0 Å². The van der Waals surface area contributed by atoms with E-state index in [4.69, 9.17) is 9.47 Å². The molecule has 1 amide bonds. The number of amides is 1. The number of benzene rings is 2. The summed E-state index contributed by atoms with van der Waals surface area (Å²) in [6.07, 6.45) is 0. The van der Waals surface area contributed by atoms with Gasteiger partial charge in [-0.05, 0) is 30.3 Å². The Morgan fingerprint density at radius 3 is 2.71 bits per heavy atom. The van der Waals surface area contributed by atoms with E-state index in [1.165, 1.54) is 0 Å². The number of fused-ring (bicyclic) bond motifs is 1. The Morgan fingerprint density at radius 2 is 1.88 bits per heavy atom. The summed E-state index contributed by atoms with van der Waals surface area (Å²) < 4.78 is 11.1. The summed E-state index contributed by atoms with van der Waals surface area (Å²) in [5.41, 5.74) is 2.33. The number of nitrogens with one attached hydrogen (secondary N) is 2. The first kappa shape index (κ1) is 18.1. The molecule has 0 unspecified atom stereocenters. The molecule has 0 aliphatic carbocycles. The van der Waals surface area contributed by atoms with Crippen molar-refractivity contribution in [2.45, 2.75) is 13.5 Å². The van der Waals surface area contributed by atoms with Crippen LogP contribution in [0.15, 0.2) is 42.5 Å². The lowest BCUT2D eigenvalue weighted by atomic mass is 10.1. The molecule has 0 aromatic heterocycles. The van der Waals surface area contributed by atoms with Crippen LogP contribution in [-0.4, -0.2) is 25.7 Å². The average molecular weight is 349 g/mol. The number of halogens is 1. The monoisotopic (exact) mass is 348 g/mol. The van der Waals surface area contributed by atoms with E-state index in [1.54, 1.807) is 12.1 Å². The van der Waals surface area contributed by atoms with Crippen LogP contribution in [0, 0.1) is 0 Å². The van der Waals surface area contributed by atoms with Crippen molar-refractivity contribution in [3.63, 3.8) is 0 Å². The number of ether oxygens (including phenoxy) is 2. The molecule has 0 bridgehead atoms. The van der Waals surface area contributed by atoms with Crippen LogP contribution in [0.5, 0.6) is 11.5 Å². The zero-order chi connectivity index (χ0) is 16.1. The van der Waals surface area contributed by atoms with Crippen LogP contribution in [-0.2, 0) is 6.54 Å². The fourth-order valence-corrected chi connectivity index (χ4v) is 2.50. The van der Waals surface area contributed by atoms with Gasteiger partial charge < -0.3 is 20.1 Å². The van der Waals surface area contributed by atoms with Crippen molar-refractivity contribution < 1.29 is 14.3 Å². The predicted octanol–water partition coefficient (Wildman–Crippen LogP) is 3.24. The minimum Gasteiger partial charge on any atom is -0.486 e. The van der Waals surface area contributed by atoms with Crippen molar-refractivity contribution in [3.05, 3.63) is 53.6 Å². The van der Waals surface area contributed by atoms with Gasteiger partial charge in [0, 0.05) is 12.2 Å². The summed E-state index contributed by atoms with van der Waals surface area (Å²) in [7, 11) is 0. The maximum Gasteiger partial charge on any atom is 0.259 e. The van der Waals surface area contributed by atoms with Crippen LogP contribution in [0.2, 0.25) is 0 Å². The van der Waals surface area contributed by atoms with Gasteiger partial charge in [-0.1, -0.05) is 31.2 Å². The molecule has 2 aromatic rings. The smallest absolute Gasteiger partial charge is 0.259 e. The molecule has 1 aliphatic heterocycles. The number of para-hydroxylation sites is 2. The van der Waals surface area contributed by atoms with Gasteiger partial charge in [-0.15, -0.1) is 12.4 Å². The molecule has 6 heteroatoms. The summed E-state index contributed by atoms with van der Waals surface area (Å²) in [5.74, 6) is 0.932. The van der Waals surface area contributed by atoms with Crippen LogP contribution < -0.4 is 20.1 Å². The molecule has 128 valence electrons. The molecule has 0 saturated heterocycles. The van der Waals surface area contributed by atoms with E-state index in [1.807, 2.05) is 30.3 Å². The van der Waals surface area contributed by atoms with Crippen LogP contribution in [0.1, 0.15) is 22.8 Å². The maximum atomic E-state index is 12.6. The predicted molar refractivity (Wildman–Crippen MR) is 96.5 cm³/mol. The molecule has 0 fully saturated rings. The lowest BCUT2D eigenvalue weighted by Gasteiger charge is -2.20. The normalized spacial score (nSPS) is 12.2. The van der Waals surface area contributed by atoms with Crippen molar-refractivity contribution in [1.82, 2.24) is 5.32 Å². The van der Waals surface area contributed by atoms with Crippen molar-refractivity contribution in [2.75, 3.05) is 25.1 Å². The second-order valence-corrected chi connectivity index (χ2v) is 5.22. The van der Waals surface area contributed by atoms with Gasteiger partial charge in [-0.2, -0.15) is 0 Å². The molecular formula is C18H21ClN2O3. The third-order valence-corrected chi connectivity index (χ3v) is 3.64. The second kappa shape index (κ2) is 8.57. The molecule has 0 saturated carbocycles. The van der Waals surface area contributed by atoms with Crippen molar-refractivity contribution in [1.29, 1.82) is 0 Å². The second-order valence-electron chi connectivity index (χ2n) is 5.22. The molecule has 3 rings (SSSR count). The van der Waals surface area contributed by atoms with Gasteiger partial charge in [0.15, 0.2) is 11.5 Å². The van der Waals surface area contributed by atoms with Crippen molar-refractivity contribution >= 4 is 24.0 Å². The van der Waals surface area contributed by atoms with Crippen molar-refractivity contribution in [3.8, 4) is 11.5 Å². The van der Waals surface area contributed by atoms with Gasteiger partial charge in [0.2, 0.25) is 0 Å². The first-order valence-corrected chi connectivity index (χ1v) is 7.78. The minimum atomic E-state index is -0.198.